The maximum Gasteiger partial charge on any atom is 1.00 e. The van der Waals surface area contributed by atoms with E-state index in [2.05, 4.69) is 13.8 Å². The maximum atomic E-state index is 12.0. The maximum absolute atomic E-state index is 12.0. The fourth-order valence-electron chi connectivity index (χ4n) is 6.56. The minimum atomic E-state index is -5.20. The molecule has 2 aromatic carbocycles. The Morgan fingerprint density at radius 2 is 1.13 bits per heavy atom. The number of carbonyl (C=O) groups is 2. The van der Waals surface area contributed by atoms with E-state index in [1.54, 1.807) is 12.1 Å². The summed E-state index contributed by atoms with van der Waals surface area (Å²) in [5.41, 5.74) is 0.719. The first-order chi connectivity index (χ1) is 23.7. The summed E-state index contributed by atoms with van der Waals surface area (Å²) in [6.45, 7) is 6.30. The summed E-state index contributed by atoms with van der Waals surface area (Å²) in [6, 6.07) is 11.0. The van der Waals surface area contributed by atoms with Crippen LogP contribution in [0.1, 0.15) is 155 Å². The van der Waals surface area contributed by atoms with Crippen LogP contribution >= 0.6 is 0 Å². The molecule has 2 rings (SSSR count). The number of rotatable bonds is 26. The zero-order chi connectivity index (χ0) is 37.6. The Bertz CT molecular complexity index is 1520. The largest absolute Gasteiger partial charge is 1.00 e. The second kappa shape index (κ2) is 29.4. The first-order valence-electron chi connectivity index (χ1n) is 18.6. The van der Waals surface area contributed by atoms with Crippen molar-refractivity contribution in [2.75, 3.05) is 0 Å². The van der Waals surface area contributed by atoms with Crippen LogP contribution in [0.25, 0.3) is 10.8 Å². The van der Waals surface area contributed by atoms with Crippen molar-refractivity contribution in [1.82, 2.24) is 0 Å². The van der Waals surface area contributed by atoms with Gasteiger partial charge in [0, 0.05) is 17.3 Å². The molecule has 0 saturated heterocycles. The summed E-state index contributed by atoms with van der Waals surface area (Å²) in [6.07, 6.45) is 16.4. The average Bonchev–Trinajstić information content (AvgIpc) is 3.05. The molecular weight excluding hydrogens is 743 g/mol. The summed E-state index contributed by atoms with van der Waals surface area (Å²) >= 11 is 0. The SMILES string of the molecule is CCCCCCCCC(C(=O)[O-])C(CCCCCCCC)(C(=O)[O-])S(=O)(=O)O.CCCCCCCCc1ccc2ccccc2c1S(=O)(=O)O.[K+].[Na+]. The van der Waals surface area contributed by atoms with Gasteiger partial charge in [-0.15, -0.1) is 0 Å². The first-order valence-corrected chi connectivity index (χ1v) is 21.4. The molecule has 0 saturated carbocycles. The number of fused-ring (bicyclic) bond motifs is 1. The predicted molar refractivity (Wildman–Crippen MR) is 195 cm³/mol. The molecule has 0 aliphatic carbocycles. The van der Waals surface area contributed by atoms with Gasteiger partial charge in [0.25, 0.3) is 20.2 Å². The molecule has 0 spiro atoms. The molecule has 0 radical (unpaired) electrons. The molecule has 286 valence electrons. The van der Waals surface area contributed by atoms with Gasteiger partial charge in [0.1, 0.15) is 9.64 Å². The van der Waals surface area contributed by atoms with Crippen molar-refractivity contribution in [1.29, 1.82) is 0 Å². The number of hydrogen-bond donors (Lipinski definition) is 2. The van der Waals surface area contributed by atoms with Gasteiger partial charge in [-0.3, -0.25) is 9.11 Å². The number of unbranched alkanes of at least 4 members (excludes halogenated alkanes) is 15. The Morgan fingerprint density at radius 1 is 0.673 bits per heavy atom. The van der Waals surface area contributed by atoms with Gasteiger partial charge in [-0.1, -0.05) is 166 Å². The van der Waals surface area contributed by atoms with Crippen LogP contribution in [0.4, 0.5) is 0 Å². The summed E-state index contributed by atoms with van der Waals surface area (Å²) in [7, 11) is -9.41. The van der Waals surface area contributed by atoms with Crippen LogP contribution < -0.4 is 91.2 Å². The Hall–Kier alpha value is 0.0964. The average molecular weight is 803 g/mol. The smallest absolute Gasteiger partial charge is 0.550 e. The van der Waals surface area contributed by atoms with E-state index in [9.17, 15) is 45.7 Å². The molecule has 52 heavy (non-hydrogen) atoms. The second-order valence-electron chi connectivity index (χ2n) is 13.4. The van der Waals surface area contributed by atoms with E-state index >= 15 is 0 Å². The van der Waals surface area contributed by atoms with Crippen LogP contribution in [0, 0.1) is 5.92 Å². The Kier molecular flexibility index (Phi) is 30.6. The van der Waals surface area contributed by atoms with Crippen molar-refractivity contribution < 1.29 is 127 Å². The van der Waals surface area contributed by atoms with Crippen molar-refractivity contribution in [3.05, 3.63) is 42.0 Å². The molecule has 0 fully saturated rings. The molecule has 0 heterocycles. The van der Waals surface area contributed by atoms with Crippen LogP contribution in [0.5, 0.6) is 0 Å². The molecule has 0 bridgehead atoms. The van der Waals surface area contributed by atoms with E-state index in [0.717, 1.165) is 75.2 Å². The molecule has 2 aromatic rings. The predicted octanol–water partition coefficient (Wildman–Crippen LogP) is 1.23. The number of carboxylic acid groups (broad SMARTS) is 2. The zero-order valence-electron chi connectivity index (χ0n) is 32.4. The zero-order valence-corrected chi connectivity index (χ0v) is 39.1. The van der Waals surface area contributed by atoms with E-state index in [4.69, 9.17) is 0 Å². The minimum absolute atomic E-state index is 0. The molecule has 10 nitrogen and oxygen atoms in total. The van der Waals surface area contributed by atoms with E-state index in [0.29, 0.717) is 31.1 Å². The third-order valence-corrected chi connectivity index (χ3v) is 12.0. The molecule has 14 heteroatoms. The van der Waals surface area contributed by atoms with Gasteiger partial charge in [0.15, 0.2) is 0 Å². The van der Waals surface area contributed by atoms with Crippen molar-refractivity contribution in [2.45, 2.75) is 165 Å². The molecule has 2 atom stereocenters. The van der Waals surface area contributed by atoms with E-state index in [1.165, 1.54) is 25.7 Å². The fraction of sp³-hybridized carbons (Fsp3) is 0.684. The first kappa shape index (κ1) is 54.2. The summed E-state index contributed by atoms with van der Waals surface area (Å²) in [5.74, 6) is -5.68. The number of benzene rings is 2. The minimum Gasteiger partial charge on any atom is -0.550 e. The number of hydrogen-bond acceptors (Lipinski definition) is 8. The molecule has 0 aromatic heterocycles. The van der Waals surface area contributed by atoms with E-state index < -0.39 is 49.3 Å². The van der Waals surface area contributed by atoms with E-state index in [1.807, 2.05) is 31.2 Å². The number of aliphatic carboxylic acids is 2. The standard InChI is InChI=1S/C20H38O7S.C18H24O3S.K.Na/c1-3-5-7-9-11-13-15-17(18(21)22)20(19(23)24,28(25,26)27)16-14-12-10-8-6-4-2;1-2-3-4-5-6-7-11-16-14-13-15-10-8-9-12-17(15)18(16)22(19,20)21;;/h17H,3-16H2,1-2H3,(H,21,22)(H,23,24)(H,25,26,27);8-10,12-14H,2-7,11H2,1H3,(H,19,20,21);;/q;;2*+1/p-2. The van der Waals surface area contributed by atoms with E-state index in [-0.39, 0.29) is 98.7 Å². The normalized spacial score (nSPS) is 13.2. The van der Waals surface area contributed by atoms with Crippen LogP contribution in [0.15, 0.2) is 41.3 Å². The number of aryl methyl sites for hydroxylation is 1. The second-order valence-corrected chi connectivity index (χ2v) is 16.4. The third kappa shape index (κ3) is 18.8. The summed E-state index contributed by atoms with van der Waals surface area (Å²) in [5, 5.41) is 24.9. The molecule has 0 amide bonds. The van der Waals surface area contributed by atoms with Crippen LogP contribution in [0.2, 0.25) is 0 Å². The van der Waals surface area contributed by atoms with Gasteiger partial charge in [-0.2, -0.15) is 16.8 Å². The van der Waals surface area contributed by atoms with Gasteiger partial charge < -0.3 is 19.8 Å². The molecule has 2 unspecified atom stereocenters. The van der Waals surface area contributed by atoms with Gasteiger partial charge in [0.05, 0.1) is 5.97 Å². The van der Waals surface area contributed by atoms with Gasteiger partial charge in [0.2, 0.25) is 0 Å². The Balaban J connectivity index is 0. The number of carbonyl (C=O) groups excluding carboxylic acids is 2. The van der Waals surface area contributed by atoms with Crippen molar-refractivity contribution >= 4 is 42.9 Å². The fourth-order valence-corrected chi connectivity index (χ4v) is 8.71. The van der Waals surface area contributed by atoms with Crippen LogP contribution in [-0.2, 0) is 36.2 Å². The number of carboxylic acids is 2. The van der Waals surface area contributed by atoms with Crippen molar-refractivity contribution in [2.24, 2.45) is 5.92 Å². The van der Waals surface area contributed by atoms with Gasteiger partial charge >= 0.3 is 80.9 Å². The molecule has 0 aliphatic heterocycles. The van der Waals surface area contributed by atoms with Gasteiger partial charge in [-0.25, -0.2) is 0 Å². The van der Waals surface area contributed by atoms with Crippen LogP contribution in [-0.4, -0.2) is 42.6 Å². The molecule has 2 N–H and O–H groups in total. The van der Waals surface area contributed by atoms with Crippen molar-refractivity contribution in [3.63, 3.8) is 0 Å². The Morgan fingerprint density at radius 3 is 1.60 bits per heavy atom. The molecule has 0 aliphatic rings. The summed E-state index contributed by atoms with van der Waals surface area (Å²) in [4.78, 5) is 23.6. The van der Waals surface area contributed by atoms with Gasteiger partial charge in [-0.05, 0) is 36.6 Å². The monoisotopic (exact) mass is 802 g/mol. The quantitative estimate of drug-likeness (QED) is 0.0796. The molecular formula is C38H60KNaO10S2. The topological polar surface area (TPSA) is 189 Å². The Labute approximate surface area is 378 Å². The van der Waals surface area contributed by atoms with Crippen LogP contribution in [0.3, 0.4) is 0 Å². The van der Waals surface area contributed by atoms with Crippen molar-refractivity contribution in [3.8, 4) is 0 Å². The third-order valence-electron chi connectivity index (χ3n) is 9.42. The summed E-state index contributed by atoms with van der Waals surface area (Å²) < 4.78 is 64.1.